The molecule has 5 saturated carbocycles. The predicted octanol–water partition coefficient (Wildman–Crippen LogP) is 4.37. The van der Waals surface area contributed by atoms with E-state index in [2.05, 4.69) is 12.2 Å². The third kappa shape index (κ3) is 2.37. The van der Waals surface area contributed by atoms with Gasteiger partial charge >= 0.3 is 0 Å². The Balaban J connectivity index is 1.38. The molecule has 1 nitrogen and oxygen atoms in total. The van der Waals surface area contributed by atoms with Crippen LogP contribution in [0.25, 0.3) is 0 Å². The average Bonchev–Trinajstić information content (AvgIpc) is 2.38. The van der Waals surface area contributed by atoms with Gasteiger partial charge in [0.25, 0.3) is 0 Å². The Morgan fingerprint density at radius 2 is 1.42 bits per heavy atom. The molecule has 0 aromatic heterocycles. The van der Waals surface area contributed by atoms with Crippen LogP contribution >= 0.6 is 0 Å². The average molecular weight is 261 g/mol. The van der Waals surface area contributed by atoms with Crippen molar-refractivity contribution in [2.45, 2.75) is 77.2 Å². The minimum Gasteiger partial charge on any atom is -0.313 e. The van der Waals surface area contributed by atoms with Crippen LogP contribution in [0.4, 0.5) is 0 Å². The molecule has 5 aliphatic carbocycles. The highest BCUT2D eigenvalue weighted by molar-refractivity contribution is 5.01. The normalized spacial score (nSPS) is 47.5. The van der Waals surface area contributed by atoms with Crippen LogP contribution in [-0.2, 0) is 0 Å². The molecule has 1 heteroatoms. The number of hydrogen-bond acceptors (Lipinski definition) is 1. The monoisotopic (exact) mass is 261 g/mol. The van der Waals surface area contributed by atoms with Gasteiger partial charge in [-0.25, -0.2) is 0 Å². The quantitative estimate of drug-likeness (QED) is 0.795. The van der Waals surface area contributed by atoms with Crippen molar-refractivity contribution >= 4 is 0 Å². The molecule has 4 bridgehead atoms. The minimum absolute atomic E-state index is 0.618. The first-order valence-corrected chi connectivity index (χ1v) is 8.95. The van der Waals surface area contributed by atoms with Gasteiger partial charge in [-0.05, 0) is 74.0 Å². The van der Waals surface area contributed by atoms with E-state index in [-0.39, 0.29) is 0 Å². The molecule has 0 unspecified atom stereocenters. The maximum absolute atomic E-state index is 4.07. The summed E-state index contributed by atoms with van der Waals surface area (Å²) >= 11 is 0. The van der Waals surface area contributed by atoms with E-state index in [9.17, 15) is 0 Å². The van der Waals surface area contributed by atoms with E-state index < -0.39 is 0 Å². The summed E-state index contributed by atoms with van der Waals surface area (Å²) in [6, 6.07) is 0.895. The second-order valence-corrected chi connectivity index (χ2v) is 8.71. The summed E-state index contributed by atoms with van der Waals surface area (Å²) in [6.07, 6.45) is 15.2. The zero-order valence-electron chi connectivity index (χ0n) is 12.7. The SMILES string of the molecule is CC1(CNC2C3CC4CC(C3)CC2C4)CCCCC1. The van der Waals surface area contributed by atoms with Gasteiger partial charge in [0.15, 0.2) is 0 Å². The second kappa shape index (κ2) is 4.76. The van der Waals surface area contributed by atoms with Gasteiger partial charge in [0.1, 0.15) is 0 Å². The molecule has 0 aromatic carbocycles. The lowest BCUT2D eigenvalue weighted by Gasteiger charge is -2.55. The topological polar surface area (TPSA) is 12.0 Å². The first-order chi connectivity index (χ1) is 9.22. The molecule has 0 radical (unpaired) electrons. The summed E-state index contributed by atoms with van der Waals surface area (Å²) in [4.78, 5) is 0. The molecule has 0 spiro atoms. The van der Waals surface area contributed by atoms with Gasteiger partial charge in [0.05, 0.1) is 0 Å². The van der Waals surface area contributed by atoms with Crippen molar-refractivity contribution in [1.82, 2.24) is 5.32 Å². The molecule has 0 heterocycles. The minimum atomic E-state index is 0.618. The van der Waals surface area contributed by atoms with Crippen LogP contribution in [0.2, 0.25) is 0 Å². The number of nitrogens with one attached hydrogen (secondary N) is 1. The highest BCUT2D eigenvalue weighted by atomic mass is 15.0. The lowest BCUT2D eigenvalue weighted by Crippen LogP contribution is -2.56. The summed E-state index contributed by atoms with van der Waals surface area (Å²) in [7, 11) is 0. The van der Waals surface area contributed by atoms with Crippen molar-refractivity contribution in [3.05, 3.63) is 0 Å². The molecular weight excluding hydrogens is 230 g/mol. The van der Waals surface area contributed by atoms with E-state index in [1.54, 1.807) is 32.1 Å². The molecular formula is C18H31N. The predicted molar refractivity (Wildman–Crippen MR) is 80.0 cm³/mol. The summed E-state index contributed by atoms with van der Waals surface area (Å²) in [6.45, 7) is 3.84. The van der Waals surface area contributed by atoms with Crippen molar-refractivity contribution in [2.75, 3.05) is 6.54 Å². The lowest BCUT2D eigenvalue weighted by molar-refractivity contribution is -0.0180. The maximum Gasteiger partial charge on any atom is 0.0124 e. The van der Waals surface area contributed by atoms with E-state index in [4.69, 9.17) is 0 Å². The lowest BCUT2D eigenvalue weighted by atomic mass is 9.54. The van der Waals surface area contributed by atoms with Crippen molar-refractivity contribution in [2.24, 2.45) is 29.1 Å². The third-order valence-corrected chi connectivity index (χ3v) is 7.05. The smallest absolute Gasteiger partial charge is 0.0124 e. The van der Waals surface area contributed by atoms with Crippen LogP contribution < -0.4 is 5.32 Å². The Morgan fingerprint density at radius 3 is 2.00 bits per heavy atom. The zero-order valence-corrected chi connectivity index (χ0v) is 12.7. The van der Waals surface area contributed by atoms with E-state index >= 15 is 0 Å². The molecule has 5 aliphatic rings. The first-order valence-electron chi connectivity index (χ1n) is 8.95. The number of hydrogen-bond donors (Lipinski definition) is 1. The van der Waals surface area contributed by atoms with Gasteiger partial charge in [-0.1, -0.05) is 26.2 Å². The Bertz CT molecular complexity index is 301. The van der Waals surface area contributed by atoms with E-state index in [1.807, 2.05) is 0 Å². The largest absolute Gasteiger partial charge is 0.313 e. The fraction of sp³-hybridized carbons (Fsp3) is 1.00. The van der Waals surface area contributed by atoms with Crippen LogP contribution in [0.5, 0.6) is 0 Å². The Hall–Kier alpha value is -0.0400. The van der Waals surface area contributed by atoms with Crippen LogP contribution in [0.15, 0.2) is 0 Å². The molecule has 1 N–H and O–H groups in total. The molecule has 0 aromatic rings. The van der Waals surface area contributed by atoms with Crippen molar-refractivity contribution < 1.29 is 0 Å². The van der Waals surface area contributed by atoms with Crippen LogP contribution in [0, 0.1) is 29.1 Å². The van der Waals surface area contributed by atoms with E-state index in [1.165, 1.54) is 38.6 Å². The summed E-state index contributed by atoms with van der Waals surface area (Å²) in [5.74, 6) is 4.32. The van der Waals surface area contributed by atoms with Gasteiger partial charge in [-0.2, -0.15) is 0 Å². The van der Waals surface area contributed by atoms with Crippen LogP contribution in [0.3, 0.4) is 0 Å². The Labute approximate surface area is 118 Å². The van der Waals surface area contributed by atoms with Gasteiger partial charge in [0, 0.05) is 12.6 Å². The Morgan fingerprint density at radius 1 is 0.842 bits per heavy atom. The molecule has 0 saturated heterocycles. The summed E-state index contributed by atoms with van der Waals surface area (Å²) in [5.41, 5.74) is 0.618. The van der Waals surface area contributed by atoms with Crippen molar-refractivity contribution in [1.29, 1.82) is 0 Å². The summed E-state index contributed by atoms with van der Waals surface area (Å²) < 4.78 is 0. The molecule has 108 valence electrons. The molecule has 19 heavy (non-hydrogen) atoms. The second-order valence-electron chi connectivity index (χ2n) is 8.71. The fourth-order valence-electron chi connectivity index (χ4n) is 6.20. The first kappa shape index (κ1) is 12.7. The molecule has 0 atom stereocenters. The van der Waals surface area contributed by atoms with Crippen LogP contribution in [0.1, 0.15) is 71.1 Å². The van der Waals surface area contributed by atoms with Gasteiger partial charge in [-0.15, -0.1) is 0 Å². The van der Waals surface area contributed by atoms with Gasteiger partial charge in [0.2, 0.25) is 0 Å². The maximum atomic E-state index is 4.07. The van der Waals surface area contributed by atoms with E-state index in [0.717, 1.165) is 29.7 Å². The van der Waals surface area contributed by atoms with Gasteiger partial charge in [-0.3, -0.25) is 0 Å². The standard InChI is InChI=1S/C18H31N/c1-18(5-3-2-4-6-18)12-19-17-15-8-13-7-14(10-15)11-16(17)9-13/h13-17,19H,2-12H2,1H3. The summed E-state index contributed by atoms with van der Waals surface area (Å²) in [5, 5.41) is 4.07. The Kier molecular flexibility index (Phi) is 3.17. The number of rotatable bonds is 3. The highest BCUT2D eigenvalue weighted by Gasteiger charge is 2.48. The van der Waals surface area contributed by atoms with Gasteiger partial charge < -0.3 is 5.32 Å². The molecule has 0 aliphatic heterocycles. The van der Waals surface area contributed by atoms with Crippen molar-refractivity contribution in [3.63, 3.8) is 0 Å². The third-order valence-electron chi connectivity index (χ3n) is 7.05. The zero-order chi connectivity index (χ0) is 12.9. The fourth-order valence-corrected chi connectivity index (χ4v) is 6.20. The molecule has 5 fully saturated rings. The highest BCUT2D eigenvalue weighted by Crippen LogP contribution is 2.53. The molecule has 5 rings (SSSR count). The molecule has 0 amide bonds. The van der Waals surface area contributed by atoms with E-state index in [0.29, 0.717) is 5.41 Å². The van der Waals surface area contributed by atoms with Crippen molar-refractivity contribution in [3.8, 4) is 0 Å². The van der Waals surface area contributed by atoms with Crippen LogP contribution in [-0.4, -0.2) is 12.6 Å².